The van der Waals surface area contributed by atoms with Crippen LogP contribution in [-0.2, 0) is 28.2 Å². The molecule has 3 heterocycles. The first-order valence-electron chi connectivity index (χ1n) is 12.9. The fraction of sp³-hybridized carbons (Fsp3) is 0.407. The van der Waals surface area contributed by atoms with Gasteiger partial charge in [0.25, 0.3) is 0 Å². The van der Waals surface area contributed by atoms with Crippen molar-refractivity contribution >= 4 is 23.5 Å². The van der Waals surface area contributed by atoms with Gasteiger partial charge in [0.05, 0.1) is 12.1 Å². The molecule has 44 heavy (non-hydrogen) atoms. The van der Waals surface area contributed by atoms with Crippen molar-refractivity contribution in [3.63, 3.8) is 0 Å². The summed E-state index contributed by atoms with van der Waals surface area (Å²) in [6.45, 7) is 4.71. The molecule has 1 fully saturated rings. The van der Waals surface area contributed by atoms with E-state index in [0.717, 1.165) is 67.8 Å². The van der Waals surface area contributed by atoms with Gasteiger partial charge in [-0.25, -0.2) is 14.0 Å². The second-order valence-corrected chi connectivity index (χ2v) is 10.6. The smallest absolute Gasteiger partial charge is 0.475 e. The lowest BCUT2D eigenvalue weighted by Gasteiger charge is -2.48. The summed E-state index contributed by atoms with van der Waals surface area (Å²) in [5.41, 5.74) is 2.17. The molecule has 0 atom stereocenters. The summed E-state index contributed by atoms with van der Waals surface area (Å²) < 4.78 is 79.3. The van der Waals surface area contributed by atoms with Crippen molar-refractivity contribution in [3.05, 3.63) is 70.8 Å². The monoisotopic (exact) mass is 653 g/mol. The number of piperidine rings is 1. The van der Waals surface area contributed by atoms with Crippen LogP contribution < -0.4 is 0 Å². The maximum Gasteiger partial charge on any atom is 0.490 e. The Balaban J connectivity index is 0.000000317. The van der Waals surface area contributed by atoms with Gasteiger partial charge in [0, 0.05) is 36.8 Å². The van der Waals surface area contributed by atoms with Gasteiger partial charge >= 0.3 is 24.3 Å². The third kappa shape index (κ3) is 9.12. The molecule has 1 aromatic heterocycles. The first kappa shape index (κ1) is 34.7. The number of benzene rings is 2. The van der Waals surface area contributed by atoms with E-state index in [2.05, 4.69) is 43.7 Å². The standard InChI is InChI=1S/C23H25ClFN5.2C2HF3O2/c1-28-15-21-26-27-22(18-4-8-20(25)9-5-18)30(21)23(16-28)10-12-29(13-11-23)14-17-2-6-19(24)7-3-17;2*3-2(4,5)1(6)7/h2-9H,10-16H2,1H3;2*(H,6,7). The molecule has 0 radical (unpaired) electrons. The largest absolute Gasteiger partial charge is 0.490 e. The molecular formula is C27H27ClF7N5O4. The maximum atomic E-state index is 13.4. The van der Waals surface area contributed by atoms with Crippen LogP contribution in [0.4, 0.5) is 30.7 Å². The lowest BCUT2D eigenvalue weighted by atomic mass is 9.84. The number of carboxylic acids is 2. The summed E-state index contributed by atoms with van der Waals surface area (Å²) in [6, 6.07) is 14.7. The Kier molecular flexibility index (Phi) is 11.0. The normalized spacial score (nSPS) is 16.7. The molecule has 0 aliphatic carbocycles. The van der Waals surface area contributed by atoms with Crippen LogP contribution in [0.1, 0.15) is 24.2 Å². The number of likely N-dealkylation sites (tertiary alicyclic amines) is 1. The number of likely N-dealkylation sites (N-methyl/N-ethyl adjacent to an activating group) is 1. The summed E-state index contributed by atoms with van der Waals surface area (Å²) in [7, 11) is 2.15. The van der Waals surface area contributed by atoms with E-state index in [0.29, 0.717) is 0 Å². The van der Waals surface area contributed by atoms with Crippen LogP contribution in [0, 0.1) is 5.82 Å². The van der Waals surface area contributed by atoms with Crippen molar-refractivity contribution in [3.8, 4) is 11.4 Å². The molecule has 9 nitrogen and oxygen atoms in total. The zero-order valence-electron chi connectivity index (χ0n) is 23.0. The molecule has 1 spiro atoms. The van der Waals surface area contributed by atoms with E-state index in [9.17, 15) is 30.7 Å². The van der Waals surface area contributed by atoms with Crippen LogP contribution in [0.2, 0.25) is 5.02 Å². The topological polar surface area (TPSA) is 112 Å². The third-order valence-corrected chi connectivity index (χ3v) is 7.13. The number of halogens is 8. The van der Waals surface area contributed by atoms with Crippen LogP contribution in [0.5, 0.6) is 0 Å². The zero-order valence-corrected chi connectivity index (χ0v) is 23.8. The SMILES string of the molecule is CN1Cc2nnc(-c3ccc(F)cc3)n2C2(CCN(Cc3ccc(Cl)cc3)CC2)C1.O=C(O)C(F)(F)F.O=C(O)C(F)(F)F. The molecule has 3 aromatic rings. The van der Waals surface area contributed by atoms with Crippen molar-refractivity contribution in [2.75, 3.05) is 26.7 Å². The van der Waals surface area contributed by atoms with Gasteiger partial charge in [-0.1, -0.05) is 23.7 Å². The first-order chi connectivity index (χ1) is 20.4. The van der Waals surface area contributed by atoms with Gasteiger partial charge in [-0.2, -0.15) is 26.3 Å². The molecule has 5 rings (SSSR count). The Morgan fingerprint density at radius 3 is 1.86 bits per heavy atom. The van der Waals surface area contributed by atoms with Gasteiger partial charge in [0.1, 0.15) is 11.6 Å². The number of rotatable bonds is 3. The van der Waals surface area contributed by atoms with E-state index in [1.54, 1.807) is 12.1 Å². The maximum absolute atomic E-state index is 13.4. The molecule has 0 saturated carbocycles. The van der Waals surface area contributed by atoms with Crippen molar-refractivity contribution in [1.82, 2.24) is 24.6 Å². The van der Waals surface area contributed by atoms with Crippen molar-refractivity contribution in [1.29, 1.82) is 0 Å². The summed E-state index contributed by atoms with van der Waals surface area (Å²) in [5, 5.41) is 24.0. The highest BCUT2D eigenvalue weighted by atomic mass is 35.5. The van der Waals surface area contributed by atoms with Gasteiger partial charge in [-0.3, -0.25) is 9.80 Å². The third-order valence-electron chi connectivity index (χ3n) is 6.87. The number of carboxylic acid groups (broad SMARTS) is 2. The lowest BCUT2D eigenvalue weighted by Crippen LogP contribution is -2.55. The number of carbonyl (C=O) groups is 2. The Hall–Kier alpha value is -3.76. The van der Waals surface area contributed by atoms with Crippen LogP contribution in [0.3, 0.4) is 0 Å². The predicted molar refractivity (Wildman–Crippen MR) is 143 cm³/mol. The minimum atomic E-state index is -5.08. The Bertz CT molecular complexity index is 1400. The minimum absolute atomic E-state index is 0.0357. The van der Waals surface area contributed by atoms with Crippen LogP contribution in [0.15, 0.2) is 48.5 Å². The summed E-state index contributed by atoms with van der Waals surface area (Å²) in [6.07, 6.45) is -8.10. The molecule has 1 saturated heterocycles. The second kappa shape index (κ2) is 13.9. The molecule has 2 aliphatic heterocycles. The number of aliphatic carboxylic acids is 2. The second-order valence-electron chi connectivity index (χ2n) is 10.2. The van der Waals surface area contributed by atoms with E-state index in [-0.39, 0.29) is 11.4 Å². The average Bonchev–Trinajstić information content (AvgIpc) is 3.36. The van der Waals surface area contributed by atoms with E-state index in [1.807, 2.05) is 12.1 Å². The van der Waals surface area contributed by atoms with Gasteiger partial charge < -0.3 is 14.8 Å². The van der Waals surface area contributed by atoms with Gasteiger partial charge in [0.2, 0.25) is 0 Å². The van der Waals surface area contributed by atoms with Crippen LogP contribution in [-0.4, -0.2) is 85.8 Å². The highest BCUT2D eigenvalue weighted by molar-refractivity contribution is 6.30. The minimum Gasteiger partial charge on any atom is -0.475 e. The first-order valence-corrected chi connectivity index (χ1v) is 13.3. The molecule has 0 amide bonds. The fourth-order valence-electron chi connectivity index (χ4n) is 4.93. The van der Waals surface area contributed by atoms with Crippen LogP contribution >= 0.6 is 11.6 Å². The van der Waals surface area contributed by atoms with E-state index in [4.69, 9.17) is 31.4 Å². The number of aromatic nitrogens is 3. The quantitative estimate of drug-likeness (QED) is 0.360. The molecule has 0 bridgehead atoms. The molecule has 2 N–H and O–H groups in total. The Morgan fingerprint density at radius 2 is 1.39 bits per heavy atom. The van der Waals surface area contributed by atoms with E-state index in [1.165, 1.54) is 17.7 Å². The van der Waals surface area contributed by atoms with Crippen molar-refractivity contribution < 1.29 is 50.5 Å². The molecule has 0 unspecified atom stereocenters. The highest BCUT2D eigenvalue weighted by Gasteiger charge is 2.43. The molecular weight excluding hydrogens is 627 g/mol. The van der Waals surface area contributed by atoms with Crippen molar-refractivity contribution in [2.45, 2.75) is 43.8 Å². The van der Waals surface area contributed by atoms with E-state index < -0.39 is 24.3 Å². The Labute approximate surface area is 251 Å². The Morgan fingerprint density at radius 1 is 0.886 bits per heavy atom. The summed E-state index contributed by atoms with van der Waals surface area (Å²) in [4.78, 5) is 22.6. The van der Waals surface area contributed by atoms with Gasteiger partial charge in [-0.15, -0.1) is 10.2 Å². The number of alkyl halides is 6. The average molecular weight is 654 g/mol. The number of nitrogens with zero attached hydrogens (tertiary/aromatic N) is 5. The number of hydrogen-bond acceptors (Lipinski definition) is 6. The van der Waals surface area contributed by atoms with Gasteiger partial charge in [-0.05, 0) is 61.9 Å². The van der Waals surface area contributed by atoms with Crippen molar-refractivity contribution in [2.24, 2.45) is 0 Å². The number of hydrogen-bond donors (Lipinski definition) is 2. The number of fused-ring (bicyclic) bond motifs is 2. The van der Waals surface area contributed by atoms with Gasteiger partial charge in [0.15, 0.2) is 5.82 Å². The van der Waals surface area contributed by atoms with E-state index >= 15 is 0 Å². The molecule has 240 valence electrons. The molecule has 2 aromatic carbocycles. The van der Waals surface area contributed by atoms with Crippen LogP contribution in [0.25, 0.3) is 11.4 Å². The molecule has 2 aliphatic rings. The zero-order chi connectivity index (χ0) is 32.9. The predicted octanol–water partition coefficient (Wildman–Crippen LogP) is 5.44. The molecule has 17 heteroatoms. The summed E-state index contributed by atoms with van der Waals surface area (Å²) >= 11 is 6.02. The lowest BCUT2D eigenvalue weighted by molar-refractivity contribution is -0.193. The fourth-order valence-corrected chi connectivity index (χ4v) is 5.06. The highest BCUT2D eigenvalue weighted by Crippen LogP contribution is 2.39. The summed E-state index contributed by atoms with van der Waals surface area (Å²) in [5.74, 6) is -3.90.